The van der Waals surface area contributed by atoms with Crippen molar-refractivity contribution >= 4 is 33.9 Å². The molecule has 2 N–H and O–H groups in total. The molecule has 1 saturated carbocycles. The summed E-state index contributed by atoms with van der Waals surface area (Å²) in [5.41, 5.74) is 3.93. The fourth-order valence-electron chi connectivity index (χ4n) is 3.91. The third kappa shape index (κ3) is 3.41. The van der Waals surface area contributed by atoms with E-state index in [1.807, 2.05) is 18.3 Å². The maximum absolute atomic E-state index is 13.0. The lowest BCUT2D eigenvalue weighted by atomic mass is 9.97. The minimum absolute atomic E-state index is 0.0485. The summed E-state index contributed by atoms with van der Waals surface area (Å²) in [5.74, 6) is -0.187. The van der Waals surface area contributed by atoms with Gasteiger partial charge in [-0.15, -0.1) is 0 Å². The molecule has 0 radical (unpaired) electrons. The van der Waals surface area contributed by atoms with Crippen molar-refractivity contribution < 1.29 is 9.72 Å². The number of nitro benzene ring substituents is 1. The molecular formula is C22H21N5O3. The Morgan fingerprint density at radius 3 is 2.87 bits per heavy atom. The van der Waals surface area contributed by atoms with Gasteiger partial charge in [0, 0.05) is 48.5 Å². The molecule has 2 aliphatic rings. The van der Waals surface area contributed by atoms with Crippen LogP contribution in [0.5, 0.6) is 0 Å². The van der Waals surface area contributed by atoms with Crippen molar-refractivity contribution in [3.05, 3.63) is 70.0 Å². The van der Waals surface area contributed by atoms with Crippen LogP contribution in [0.25, 0.3) is 16.6 Å². The third-order valence-corrected chi connectivity index (χ3v) is 5.68. The molecule has 8 nitrogen and oxygen atoms in total. The fourth-order valence-corrected chi connectivity index (χ4v) is 3.91. The summed E-state index contributed by atoms with van der Waals surface area (Å²) < 4.78 is 0. The van der Waals surface area contributed by atoms with Crippen molar-refractivity contribution in [2.75, 3.05) is 18.4 Å². The number of aromatic amines is 1. The van der Waals surface area contributed by atoms with Crippen LogP contribution in [-0.2, 0) is 0 Å². The van der Waals surface area contributed by atoms with Crippen molar-refractivity contribution in [3.8, 4) is 0 Å². The first-order valence-electron chi connectivity index (χ1n) is 10.1. The van der Waals surface area contributed by atoms with Crippen LogP contribution in [0, 0.1) is 10.1 Å². The number of hydrogen-bond donors (Lipinski definition) is 2. The Balaban J connectivity index is 1.36. The van der Waals surface area contributed by atoms with Crippen molar-refractivity contribution in [1.82, 2.24) is 14.9 Å². The lowest BCUT2D eigenvalue weighted by molar-refractivity contribution is -0.384. The third-order valence-electron chi connectivity index (χ3n) is 5.68. The minimum Gasteiger partial charge on any atom is -0.377 e. The molecule has 0 saturated heterocycles. The van der Waals surface area contributed by atoms with Crippen LogP contribution in [0.15, 0.2) is 48.8 Å². The van der Waals surface area contributed by atoms with E-state index in [2.05, 4.69) is 21.4 Å². The van der Waals surface area contributed by atoms with E-state index in [1.165, 1.54) is 11.6 Å². The second-order valence-electron chi connectivity index (χ2n) is 7.74. The van der Waals surface area contributed by atoms with Gasteiger partial charge < -0.3 is 15.2 Å². The molecule has 0 spiro atoms. The molecule has 2 aromatic heterocycles. The lowest BCUT2D eigenvalue weighted by Gasteiger charge is -2.27. The van der Waals surface area contributed by atoms with Crippen LogP contribution in [0.4, 0.5) is 11.4 Å². The highest BCUT2D eigenvalue weighted by molar-refractivity contribution is 5.97. The molecule has 0 unspecified atom stereocenters. The number of anilines is 1. The molecule has 1 amide bonds. The topological polar surface area (TPSA) is 104 Å². The number of carbonyl (C=O) groups excluding carboxylic acids is 1. The first-order valence-corrected chi connectivity index (χ1v) is 10.1. The molecule has 3 aromatic rings. The second-order valence-corrected chi connectivity index (χ2v) is 7.74. The molecule has 30 heavy (non-hydrogen) atoms. The van der Waals surface area contributed by atoms with E-state index < -0.39 is 4.92 Å². The Morgan fingerprint density at radius 2 is 2.13 bits per heavy atom. The number of rotatable bonds is 5. The summed E-state index contributed by atoms with van der Waals surface area (Å²) in [7, 11) is 0. The number of nitro groups is 1. The van der Waals surface area contributed by atoms with E-state index in [0.717, 1.165) is 35.9 Å². The monoisotopic (exact) mass is 403 g/mol. The molecule has 1 aromatic carbocycles. The normalized spacial score (nSPS) is 16.4. The Morgan fingerprint density at radius 1 is 1.27 bits per heavy atom. The summed E-state index contributed by atoms with van der Waals surface area (Å²) in [6, 6.07) is 9.01. The highest BCUT2D eigenvalue weighted by Gasteiger charge is 2.27. The first-order chi connectivity index (χ1) is 14.6. The van der Waals surface area contributed by atoms with Gasteiger partial charge in [0.05, 0.1) is 4.92 Å². The van der Waals surface area contributed by atoms with Crippen LogP contribution in [0.1, 0.15) is 35.2 Å². The van der Waals surface area contributed by atoms with E-state index in [4.69, 9.17) is 0 Å². The average Bonchev–Trinajstić information content (AvgIpc) is 3.45. The largest absolute Gasteiger partial charge is 0.377 e. The maximum atomic E-state index is 13.0. The smallest absolute Gasteiger partial charge is 0.293 e. The van der Waals surface area contributed by atoms with Crippen molar-refractivity contribution in [2.24, 2.45) is 0 Å². The van der Waals surface area contributed by atoms with Gasteiger partial charge in [-0.25, -0.2) is 4.98 Å². The van der Waals surface area contributed by atoms with Gasteiger partial charge in [-0.1, -0.05) is 6.08 Å². The molecule has 1 fully saturated rings. The summed E-state index contributed by atoms with van der Waals surface area (Å²) in [6.45, 7) is 1.03. The molecule has 0 atom stereocenters. The van der Waals surface area contributed by atoms with Crippen LogP contribution in [-0.4, -0.2) is 44.8 Å². The van der Waals surface area contributed by atoms with Crippen LogP contribution in [0.2, 0.25) is 0 Å². The Labute approximate surface area is 172 Å². The quantitative estimate of drug-likeness (QED) is 0.495. The summed E-state index contributed by atoms with van der Waals surface area (Å²) >= 11 is 0. The number of fused-ring (bicyclic) bond motifs is 1. The summed E-state index contributed by atoms with van der Waals surface area (Å²) in [5, 5.41) is 15.7. The van der Waals surface area contributed by atoms with Gasteiger partial charge in [0.2, 0.25) is 0 Å². The number of H-pyrrole nitrogens is 1. The van der Waals surface area contributed by atoms with Gasteiger partial charge in [0.1, 0.15) is 11.3 Å². The Bertz CT molecular complexity index is 1180. The average molecular weight is 403 g/mol. The van der Waals surface area contributed by atoms with E-state index >= 15 is 0 Å². The van der Waals surface area contributed by atoms with Gasteiger partial charge in [-0.05, 0) is 54.7 Å². The summed E-state index contributed by atoms with van der Waals surface area (Å²) in [4.78, 5) is 33.2. The predicted octanol–water partition coefficient (Wildman–Crippen LogP) is 3.97. The van der Waals surface area contributed by atoms with Crippen molar-refractivity contribution in [1.29, 1.82) is 0 Å². The SMILES string of the molecule is O=C(c1ccc(NC2CC2)c([N+](=O)[O-])c1)N1CC=C(c2ccnc3[nH]ccc23)CC1. The van der Waals surface area contributed by atoms with E-state index in [0.29, 0.717) is 30.4 Å². The number of nitrogens with zero attached hydrogens (tertiary/aromatic N) is 3. The summed E-state index contributed by atoms with van der Waals surface area (Å²) in [6.07, 6.45) is 8.47. The number of amides is 1. The molecule has 8 heteroatoms. The molecule has 152 valence electrons. The van der Waals surface area contributed by atoms with E-state index in [9.17, 15) is 14.9 Å². The standard InChI is InChI=1S/C22H21N5O3/c28-22(15-1-4-19(25-16-2-3-16)20(13-15)27(29)30)26-11-7-14(8-12-26)17-5-9-23-21-18(17)6-10-24-21/h1,4-7,9-10,13,16,25H,2-3,8,11-12H2,(H,23,24). The van der Waals surface area contributed by atoms with Gasteiger partial charge in [0.15, 0.2) is 0 Å². The molecule has 5 rings (SSSR count). The fraction of sp³-hybridized carbons (Fsp3) is 0.273. The minimum atomic E-state index is -0.429. The molecule has 1 aliphatic heterocycles. The first kappa shape index (κ1) is 18.4. The Kier molecular flexibility index (Phi) is 4.46. The zero-order valence-electron chi connectivity index (χ0n) is 16.3. The van der Waals surface area contributed by atoms with Crippen LogP contribution >= 0.6 is 0 Å². The van der Waals surface area contributed by atoms with Gasteiger partial charge in [-0.2, -0.15) is 0 Å². The van der Waals surface area contributed by atoms with Crippen LogP contribution in [0.3, 0.4) is 0 Å². The molecule has 1 aliphatic carbocycles. The Hall–Kier alpha value is -3.68. The number of pyridine rings is 1. The molecule has 0 bridgehead atoms. The van der Waals surface area contributed by atoms with Crippen molar-refractivity contribution in [2.45, 2.75) is 25.3 Å². The van der Waals surface area contributed by atoms with Crippen molar-refractivity contribution in [3.63, 3.8) is 0 Å². The predicted molar refractivity (Wildman–Crippen MR) is 114 cm³/mol. The maximum Gasteiger partial charge on any atom is 0.293 e. The lowest BCUT2D eigenvalue weighted by Crippen LogP contribution is -2.34. The van der Waals surface area contributed by atoms with Gasteiger partial charge in [-0.3, -0.25) is 14.9 Å². The van der Waals surface area contributed by atoms with Crippen LogP contribution < -0.4 is 5.32 Å². The number of benzene rings is 1. The number of carbonyl (C=O) groups is 1. The number of nitrogens with one attached hydrogen (secondary N) is 2. The number of hydrogen-bond acceptors (Lipinski definition) is 5. The molecular weight excluding hydrogens is 382 g/mol. The zero-order valence-corrected chi connectivity index (χ0v) is 16.3. The number of aromatic nitrogens is 2. The van der Waals surface area contributed by atoms with E-state index in [1.54, 1.807) is 23.2 Å². The highest BCUT2D eigenvalue weighted by atomic mass is 16.6. The highest BCUT2D eigenvalue weighted by Crippen LogP contribution is 2.32. The molecule has 3 heterocycles. The second kappa shape index (κ2) is 7.29. The van der Waals surface area contributed by atoms with Gasteiger partial charge >= 0.3 is 0 Å². The van der Waals surface area contributed by atoms with E-state index in [-0.39, 0.29) is 11.6 Å². The zero-order chi connectivity index (χ0) is 20.7. The van der Waals surface area contributed by atoms with Gasteiger partial charge in [0.25, 0.3) is 11.6 Å².